The van der Waals surface area contributed by atoms with E-state index in [0.717, 1.165) is 5.56 Å². The lowest BCUT2D eigenvalue weighted by Gasteiger charge is -2.27. The molecule has 1 saturated heterocycles. The fraction of sp³-hybridized carbons (Fsp3) is 0.308. The van der Waals surface area contributed by atoms with Crippen LogP contribution < -0.4 is 0 Å². The first-order valence-electron chi connectivity index (χ1n) is 5.74. The smallest absolute Gasteiger partial charge is 0.136 e. The molecule has 1 aromatic heterocycles. The van der Waals surface area contributed by atoms with Gasteiger partial charge in [0.25, 0.3) is 0 Å². The molecule has 1 aromatic carbocycles. The lowest BCUT2D eigenvalue weighted by atomic mass is 9.90. The largest absolute Gasteiger partial charge is 0.380 e. The summed E-state index contributed by atoms with van der Waals surface area (Å²) in [5.74, 6) is 0. The van der Waals surface area contributed by atoms with Crippen LogP contribution in [0, 0.1) is 0 Å². The van der Waals surface area contributed by atoms with Crippen LogP contribution >= 0.6 is 11.6 Å². The zero-order valence-electron chi connectivity index (χ0n) is 9.66. The van der Waals surface area contributed by atoms with Crippen LogP contribution in [0.4, 0.5) is 0 Å². The Morgan fingerprint density at radius 3 is 2.72 bits per heavy atom. The number of benzene rings is 1. The monoisotopic (exact) mass is 264 g/mol. The third kappa shape index (κ3) is 2.14. The van der Waals surface area contributed by atoms with Gasteiger partial charge in [-0.25, -0.2) is 4.98 Å². The lowest BCUT2D eigenvalue weighted by molar-refractivity contribution is -0.00917. The second-order valence-corrected chi connectivity index (χ2v) is 4.92. The van der Waals surface area contributed by atoms with E-state index in [2.05, 4.69) is 4.98 Å². The molecule has 2 atom stereocenters. The van der Waals surface area contributed by atoms with Crippen LogP contribution in [0.3, 0.4) is 0 Å². The Bertz CT molecular complexity index is 522. The molecule has 0 amide bonds. The van der Waals surface area contributed by atoms with E-state index < -0.39 is 5.60 Å². The predicted octanol–water partition coefficient (Wildman–Crippen LogP) is 1.82. The summed E-state index contributed by atoms with van der Waals surface area (Å²) in [5.41, 5.74) is -0.228. The van der Waals surface area contributed by atoms with Crippen LogP contribution in [-0.4, -0.2) is 27.4 Å². The van der Waals surface area contributed by atoms with Gasteiger partial charge in [-0.05, 0) is 17.7 Å². The summed E-state index contributed by atoms with van der Waals surface area (Å²) in [6, 6.07) is 7.22. The Hall–Kier alpha value is -1.36. The fourth-order valence-electron chi connectivity index (χ4n) is 2.10. The Balaban J connectivity index is 1.93. The van der Waals surface area contributed by atoms with Crippen molar-refractivity contribution in [2.24, 2.45) is 0 Å². The minimum Gasteiger partial charge on any atom is -0.380 e. The highest BCUT2D eigenvalue weighted by molar-refractivity contribution is 6.30. The number of imidazole rings is 1. The fourth-order valence-corrected chi connectivity index (χ4v) is 2.23. The van der Waals surface area contributed by atoms with Gasteiger partial charge >= 0.3 is 0 Å². The molecule has 1 aliphatic heterocycles. The molecule has 94 valence electrons. The molecule has 2 heterocycles. The summed E-state index contributed by atoms with van der Waals surface area (Å²) in [6.07, 6.45) is 5.03. The van der Waals surface area contributed by atoms with E-state index in [9.17, 15) is 5.11 Å². The van der Waals surface area contributed by atoms with Crippen molar-refractivity contribution in [1.29, 1.82) is 0 Å². The maximum atomic E-state index is 10.9. The topological polar surface area (TPSA) is 50.6 Å². The van der Waals surface area contributed by atoms with Crippen molar-refractivity contribution < 1.29 is 9.84 Å². The van der Waals surface area contributed by atoms with Gasteiger partial charge in [0.1, 0.15) is 11.7 Å². The molecule has 0 bridgehead atoms. The van der Waals surface area contributed by atoms with Crippen molar-refractivity contribution in [2.75, 3.05) is 6.61 Å². The van der Waals surface area contributed by atoms with Gasteiger partial charge in [-0.3, -0.25) is 0 Å². The molecule has 4 nitrogen and oxygen atoms in total. The van der Waals surface area contributed by atoms with Crippen LogP contribution in [0.2, 0.25) is 5.02 Å². The zero-order chi connectivity index (χ0) is 12.6. The van der Waals surface area contributed by atoms with E-state index in [-0.39, 0.29) is 6.10 Å². The van der Waals surface area contributed by atoms with Gasteiger partial charge in [-0.15, -0.1) is 0 Å². The molecule has 1 aliphatic rings. The molecule has 18 heavy (non-hydrogen) atoms. The maximum Gasteiger partial charge on any atom is 0.136 e. The highest BCUT2D eigenvalue weighted by Crippen LogP contribution is 2.36. The molecule has 2 aromatic rings. The van der Waals surface area contributed by atoms with Crippen molar-refractivity contribution >= 4 is 11.6 Å². The van der Waals surface area contributed by atoms with E-state index in [4.69, 9.17) is 16.3 Å². The van der Waals surface area contributed by atoms with Gasteiger partial charge in [-0.1, -0.05) is 23.7 Å². The molecular weight excluding hydrogens is 252 g/mol. The first kappa shape index (κ1) is 11.7. The summed E-state index contributed by atoms with van der Waals surface area (Å²) in [6.45, 7) is 0.993. The second kappa shape index (κ2) is 4.39. The second-order valence-electron chi connectivity index (χ2n) is 4.49. The Kier molecular flexibility index (Phi) is 2.86. The average molecular weight is 265 g/mol. The van der Waals surface area contributed by atoms with Crippen LogP contribution in [-0.2, 0) is 16.9 Å². The molecular formula is C13H13ClN2O2. The van der Waals surface area contributed by atoms with Gasteiger partial charge in [0.2, 0.25) is 0 Å². The Morgan fingerprint density at radius 2 is 2.17 bits per heavy atom. The molecule has 0 aliphatic carbocycles. The van der Waals surface area contributed by atoms with Gasteiger partial charge < -0.3 is 14.4 Å². The quantitative estimate of drug-likeness (QED) is 0.857. The SMILES string of the molecule is OC(Cn1ccnc1)(c1ccc(Cl)cc1)C1CO1. The Labute approximate surface area is 110 Å². The average Bonchev–Trinajstić information content (AvgIpc) is 3.11. The third-order valence-corrected chi connectivity index (χ3v) is 3.44. The number of ether oxygens (including phenoxy) is 1. The first-order chi connectivity index (χ1) is 8.68. The van der Waals surface area contributed by atoms with Gasteiger partial charge in [-0.2, -0.15) is 0 Å². The van der Waals surface area contributed by atoms with Crippen molar-refractivity contribution in [3.63, 3.8) is 0 Å². The number of aromatic nitrogens is 2. The van der Waals surface area contributed by atoms with Gasteiger partial charge in [0.15, 0.2) is 0 Å². The molecule has 3 rings (SSSR count). The van der Waals surface area contributed by atoms with Crippen molar-refractivity contribution in [3.05, 3.63) is 53.6 Å². The molecule has 0 radical (unpaired) electrons. The number of hydrogen-bond acceptors (Lipinski definition) is 3. The number of epoxide rings is 1. The van der Waals surface area contributed by atoms with Crippen LogP contribution in [0.15, 0.2) is 43.0 Å². The molecule has 0 saturated carbocycles. The molecule has 1 N–H and O–H groups in total. The number of halogens is 1. The molecule has 1 fully saturated rings. The van der Waals surface area contributed by atoms with E-state index in [1.54, 1.807) is 24.7 Å². The van der Waals surface area contributed by atoms with E-state index in [0.29, 0.717) is 18.2 Å². The zero-order valence-corrected chi connectivity index (χ0v) is 10.4. The number of nitrogens with zero attached hydrogens (tertiary/aromatic N) is 2. The number of aliphatic hydroxyl groups is 1. The number of hydrogen-bond donors (Lipinski definition) is 1. The highest BCUT2D eigenvalue weighted by atomic mass is 35.5. The van der Waals surface area contributed by atoms with Crippen molar-refractivity contribution in [2.45, 2.75) is 18.2 Å². The van der Waals surface area contributed by atoms with Crippen molar-refractivity contribution in [3.8, 4) is 0 Å². The van der Waals surface area contributed by atoms with Crippen LogP contribution in [0.1, 0.15) is 5.56 Å². The van der Waals surface area contributed by atoms with Crippen molar-refractivity contribution in [1.82, 2.24) is 9.55 Å². The molecule has 2 unspecified atom stereocenters. The normalized spacial score (nSPS) is 21.6. The summed E-state index contributed by atoms with van der Waals surface area (Å²) >= 11 is 5.87. The van der Waals surface area contributed by atoms with Crippen LogP contribution in [0.5, 0.6) is 0 Å². The number of rotatable bonds is 4. The first-order valence-corrected chi connectivity index (χ1v) is 6.12. The summed E-state index contributed by atoms with van der Waals surface area (Å²) in [7, 11) is 0. The summed E-state index contributed by atoms with van der Waals surface area (Å²) < 4.78 is 7.13. The minimum atomic E-state index is -1.04. The molecule has 0 spiro atoms. The lowest BCUT2D eigenvalue weighted by Crippen LogP contribution is -2.37. The van der Waals surface area contributed by atoms with Crippen LogP contribution in [0.25, 0.3) is 0 Å². The summed E-state index contributed by atoms with van der Waals surface area (Å²) in [4.78, 5) is 3.98. The molecule has 5 heteroatoms. The summed E-state index contributed by atoms with van der Waals surface area (Å²) in [5, 5.41) is 11.5. The predicted molar refractivity (Wildman–Crippen MR) is 67.3 cm³/mol. The highest BCUT2D eigenvalue weighted by Gasteiger charge is 2.47. The minimum absolute atomic E-state index is 0.166. The Morgan fingerprint density at radius 1 is 1.44 bits per heavy atom. The van der Waals surface area contributed by atoms with E-state index >= 15 is 0 Å². The third-order valence-electron chi connectivity index (χ3n) is 3.19. The standard InChI is InChI=1S/C13H13ClN2O2/c14-11-3-1-10(2-4-11)13(17,12-7-18-12)8-16-6-5-15-9-16/h1-6,9,12,17H,7-8H2. The van der Waals surface area contributed by atoms with E-state index in [1.165, 1.54) is 0 Å². The maximum absolute atomic E-state index is 10.9. The van der Waals surface area contributed by atoms with E-state index in [1.807, 2.05) is 22.9 Å². The van der Waals surface area contributed by atoms with Gasteiger partial charge in [0, 0.05) is 17.4 Å². The van der Waals surface area contributed by atoms with Gasteiger partial charge in [0.05, 0.1) is 19.5 Å².